The molecule has 0 amide bonds. The standard InChI is InChI=1S/C20H15NO3/c1-12(22)24-18-9-13-7-8-15(23-2)10-17(13)20-19(18)16-6-4-3-5-14(16)11-21-20/h3-11H,1-2H3. The first-order valence-corrected chi connectivity index (χ1v) is 7.64. The predicted molar refractivity (Wildman–Crippen MR) is 94.6 cm³/mol. The highest BCUT2D eigenvalue weighted by Crippen LogP contribution is 2.38. The first-order valence-electron chi connectivity index (χ1n) is 7.64. The number of pyridine rings is 1. The summed E-state index contributed by atoms with van der Waals surface area (Å²) in [4.78, 5) is 16.2. The number of esters is 1. The minimum absolute atomic E-state index is 0.350. The molecule has 0 saturated carbocycles. The van der Waals surface area contributed by atoms with Crippen molar-refractivity contribution in [3.8, 4) is 11.5 Å². The molecule has 0 fully saturated rings. The van der Waals surface area contributed by atoms with Gasteiger partial charge in [-0.2, -0.15) is 0 Å². The van der Waals surface area contributed by atoms with Gasteiger partial charge in [-0.3, -0.25) is 9.78 Å². The summed E-state index contributed by atoms with van der Waals surface area (Å²) >= 11 is 0. The molecule has 0 atom stereocenters. The minimum Gasteiger partial charge on any atom is -0.497 e. The van der Waals surface area contributed by atoms with Crippen molar-refractivity contribution in [2.45, 2.75) is 6.92 Å². The van der Waals surface area contributed by atoms with Crippen molar-refractivity contribution in [2.24, 2.45) is 0 Å². The van der Waals surface area contributed by atoms with Gasteiger partial charge in [0.25, 0.3) is 0 Å². The highest BCUT2D eigenvalue weighted by Gasteiger charge is 2.14. The van der Waals surface area contributed by atoms with Crippen molar-refractivity contribution >= 4 is 38.4 Å². The maximum Gasteiger partial charge on any atom is 0.308 e. The molecule has 0 radical (unpaired) electrons. The van der Waals surface area contributed by atoms with E-state index in [4.69, 9.17) is 9.47 Å². The molecule has 3 aromatic carbocycles. The quantitative estimate of drug-likeness (QED) is 0.311. The first kappa shape index (κ1) is 14.5. The number of aromatic nitrogens is 1. The number of hydrogen-bond donors (Lipinski definition) is 0. The van der Waals surface area contributed by atoms with E-state index in [1.54, 1.807) is 7.11 Å². The lowest BCUT2D eigenvalue weighted by atomic mass is 10.0. The molecule has 1 aromatic heterocycles. The molecule has 4 nitrogen and oxygen atoms in total. The summed E-state index contributed by atoms with van der Waals surface area (Å²) in [7, 11) is 1.64. The second-order valence-electron chi connectivity index (χ2n) is 5.62. The summed E-state index contributed by atoms with van der Waals surface area (Å²) in [5.41, 5.74) is 0.793. The van der Waals surface area contributed by atoms with E-state index in [1.807, 2.05) is 54.7 Å². The van der Waals surface area contributed by atoms with Crippen LogP contribution in [0.5, 0.6) is 11.5 Å². The van der Waals surface area contributed by atoms with Gasteiger partial charge in [0.15, 0.2) is 0 Å². The highest BCUT2D eigenvalue weighted by atomic mass is 16.5. The average molecular weight is 317 g/mol. The largest absolute Gasteiger partial charge is 0.497 e. The van der Waals surface area contributed by atoms with Crippen LogP contribution in [0.25, 0.3) is 32.4 Å². The Labute approximate surface area is 138 Å². The second-order valence-corrected chi connectivity index (χ2v) is 5.62. The lowest BCUT2D eigenvalue weighted by Gasteiger charge is -2.12. The van der Waals surface area contributed by atoms with Crippen LogP contribution in [-0.4, -0.2) is 18.1 Å². The third kappa shape index (κ3) is 2.24. The van der Waals surface area contributed by atoms with E-state index in [9.17, 15) is 4.79 Å². The molecule has 4 heteroatoms. The van der Waals surface area contributed by atoms with Gasteiger partial charge in [-0.05, 0) is 29.0 Å². The van der Waals surface area contributed by atoms with Crippen LogP contribution in [0.4, 0.5) is 0 Å². The van der Waals surface area contributed by atoms with Crippen molar-refractivity contribution in [3.63, 3.8) is 0 Å². The molecule has 0 spiro atoms. The fraction of sp³-hybridized carbons (Fsp3) is 0.100. The molecule has 4 aromatic rings. The molecule has 0 aliphatic rings. The summed E-state index contributed by atoms with van der Waals surface area (Å²) in [6, 6.07) is 15.6. The number of nitrogens with zero attached hydrogens (tertiary/aromatic N) is 1. The molecular formula is C20H15NO3. The zero-order valence-corrected chi connectivity index (χ0v) is 13.4. The molecule has 1 heterocycles. The molecule has 0 aliphatic carbocycles. The summed E-state index contributed by atoms with van der Waals surface area (Å²) in [6.45, 7) is 1.41. The smallest absolute Gasteiger partial charge is 0.308 e. The van der Waals surface area contributed by atoms with Gasteiger partial charge < -0.3 is 9.47 Å². The Bertz CT molecular complexity index is 1100. The number of fused-ring (bicyclic) bond motifs is 5. The van der Waals surface area contributed by atoms with Crippen LogP contribution >= 0.6 is 0 Å². The van der Waals surface area contributed by atoms with Crippen molar-refractivity contribution in [3.05, 3.63) is 54.7 Å². The zero-order valence-electron chi connectivity index (χ0n) is 13.4. The molecule has 0 saturated heterocycles. The fourth-order valence-corrected chi connectivity index (χ4v) is 3.06. The molecule has 24 heavy (non-hydrogen) atoms. The summed E-state index contributed by atoms with van der Waals surface area (Å²) in [6.07, 6.45) is 1.84. The van der Waals surface area contributed by atoms with Crippen molar-refractivity contribution < 1.29 is 14.3 Å². The Morgan fingerprint density at radius 2 is 1.83 bits per heavy atom. The van der Waals surface area contributed by atoms with Crippen molar-refractivity contribution in [2.75, 3.05) is 7.11 Å². The monoisotopic (exact) mass is 317 g/mol. The maximum atomic E-state index is 11.6. The number of ether oxygens (including phenoxy) is 2. The number of carbonyl (C=O) groups excluding carboxylic acids is 1. The van der Waals surface area contributed by atoms with Gasteiger partial charge >= 0.3 is 5.97 Å². The molecule has 0 unspecified atom stereocenters. The topological polar surface area (TPSA) is 48.4 Å². The average Bonchev–Trinajstić information content (AvgIpc) is 2.60. The molecular weight excluding hydrogens is 302 g/mol. The third-order valence-corrected chi connectivity index (χ3v) is 4.10. The molecule has 0 N–H and O–H groups in total. The third-order valence-electron chi connectivity index (χ3n) is 4.10. The van der Waals surface area contributed by atoms with E-state index in [1.165, 1.54) is 6.92 Å². The van der Waals surface area contributed by atoms with Crippen LogP contribution in [-0.2, 0) is 4.79 Å². The molecule has 4 rings (SSSR count). The maximum absolute atomic E-state index is 11.6. The minimum atomic E-state index is -0.350. The van der Waals surface area contributed by atoms with Crippen LogP contribution in [0.2, 0.25) is 0 Å². The normalized spacial score (nSPS) is 11.1. The van der Waals surface area contributed by atoms with Gasteiger partial charge in [-0.25, -0.2) is 0 Å². The number of rotatable bonds is 2. The van der Waals surface area contributed by atoms with E-state index in [-0.39, 0.29) is 5.97 Å². The van der Waals surface area contributed by atoms with E-state index in [0.717, 1.165) is 38.2 Å². The van der Waals surface area contributed by atoms with Gasteiger partial charge in [0, 0.05) is 23.9 Å². The Morgan fingerprint density at radius 3 is 2.62 bits per heavy atom. The number of methoxy groups -OCH3 is 1. The van der Waals surface area contributed by atoms with Crippen molar-refractivity contribution in [1.29, 1.82) is 0 Å². The fourth-order valence-electron chi connectivity index (χ4n) is 3.06. The SMILES string of the molecule is COc1ccc2cc(OC(C)=O)c3c4ccccc4cnc3c2c1. The van der Waals surface area contributed by atoms with Crippen LogP contribution in [0, 0.1) is 0 Å². The predicted octanol–water partition coefficient (Wildman–Crippen LogP) is 4.48. The Hall–Kier alpha value is -3.14. The molecule has 0 aliphatic heterocycles. The van der Waals surface area contributed by atoms with E-state index >= 15 is 0 Å². The highest BCUT2D eigenvalue weighted by molar-refractivity contribution is 6.18. The Balaban J connectivity index is 2.21. The van der Waals surface area contributed by atoms with Crippen LogP contribution in [0.15, 0.2) is 54.7 Å². The lowest BCUT2D eigenvalue weighted by molar-refractivity contribution is -0.131. The van der Waals surface area contributed by atoms with Crippen molar-refractivity contribution in [1.82, 2.24) is 4.98 Å². The number of benzene rings is 3. The summed E-state index contributed by atoms with van der Waals surface area (Å²) in [5, 5.41) is 4.75. The van der Waals surface area contributed by atoms with Gasteiger partial charge in [0.2, 0.25) is 0 Å². The number of carbonyl (C=O) groups is 1. The van der Waals surface area contributed by atoms with E-state index in [0.29, 0.717) is 5.75 Å². The Morgan fingerprint density at radius 1 is 1.00 bits per heavy atom. The van der Waals surface area contributed by atoms with Gasteiger partial charge in [0.1, 0.15) is 11.5 Å². The zero-order chi connectivity index (χ0) is 16.7. The first-order chi connectivity index (χ1) is 11.7. The van der Waals surface area contributed by atoms with Gasteiger partial charge in [-0.15, -0.1) is 0 Å². The van der Waals surface area contributed by atoms with E-state index in [2.05, 4.69) is 4.98 Å². The van der Waals surface area contributed by atoms with Gasteiger partial charge in [0.05, 0.1) is 18.0 Å². The van der Waals surface area contributed by atoms with Crippen LogP contribution in [0.1, 0.15) is 6.92 Å². The molecule has 118 valence electrons. The summed E-state index contributed by atoms with van der Waals surface area (Å²) < 4.78 is 10.8. The van der Waals surface area contributed by atoms with Crippen LogP contribution in [0.3, 0.4) is 0 Å². The Kier molecular flexibility index (Phi) is 3.31. The summed E-state index contributed by atoms with van der Waals surface area (Å²) in [5.74, 6) is 0.940. The van der Waals surface area contributed by atoms with E-state index < -0.39 is 0 Å². The van der Waals surface area contributed by atoms with Crippen LogP contribution < -0.4 is 9.47 Å². The number of hydrogen-bond acceptors (Lipinski definition) is 4. The van der Waals surface area contributed by atoms with Gasteiger partial charge in [-0.1, -0.05) is 30.3 Å². The molecule has 0 bridgehead atoms. The lowest BCUT2D eigenvalue weighted by Crippen LogP contribution is -2.02. The second kappa shape index (κ2) is 5.49.